The third kappa shape index (κ3) is 5.43. The molecule has 1 heterocycles. The third-order valence-corrected chi connectivity index (χ3v) is 3.26. The molecule has 7 nitrogen and oxygen atoms in total. The fourth-order valence-corrected chi connectivity index (χ4v) is 1.79. The van der Waals surface area contributed by atoms with E-state index in [4.69, 9.17) is 5.11 Å². The van der Waals surface area contributed by atoms with E-state index >= 15 is 0 Å². The van der Waals surface area contributed by atoms with E-state index in [0.717, 1.165) is 12.7 Å². The van der Waals surface area contributed by atoms with Gasteiger partial charge in [-0.05, 0) is 25.5 Å². The summed E-state index contributed by atoms with van der Waals surface area (Å²) >= 11 is 0. The zero-order valence-corrected chi connectivity index (χ0v) is 12.5. The molecule has 0 aliphatic carbocycles. The van der Waals surface area contributed by atoms with Crippen LogP contribution in [0.1, 0.15) is 30.6 Å². The molecule has 1 aromatic heterocycles. The Hall–Kier alpha value is -1.83. The zero-order chi connectivity index (χ0) is 15.3. The first kappa shape index (κ1) is 16.2. The number of nitrogens with zero attached hydrogens (tertiary/aromatic N) is 1. The van der Waals surface area contributed by atoms with E-state index in [1.807, 2.05) is 13.8 Å². The van der Waals surface area contributed by atoms with E-state index in [0.29, 0.717) is 5.82 Å². The SMILES string of the molecule is CC[C@H](C)Nc1cc(C(=O)O)cc(NCS(C)(=O)=O)n1. The number of hydrogen-bond acceptors (Lipinski definition) is 6. The highest BCUT2D eigenvalue weighted by molar-refractivity contribution is 7.90. The van der Waals surface area contributed by atoms with Gasteiger partial charge in [-0.3, -0.25) is 0 Å². The maximum Gasteiger partial charge on any atom is 0.335 e. The summed E-state index contributed by atoms with van der Waals surface area (Å²) in [5.41, 5.74) is 0.0433. The molecule has 0 saturated carbocycles. The van der Waals surface area contributed by atoms with Crippen LogP contribution in [0, 0.1) is 0 Å². The van der Waals surface area contributed by atoms with Crippen LogP contribution in [0.5, 0.6) is 0 Å². The van der Waals surface area contributed by atoms with E-state index in [1.54, 1.807) is 0 Å². The van der Waals surface area contributed by atoms with Gasteiger partial charge in [-0.15, -0.1) is 0 Å². The number of rotatable bonds is 7. The molecule has 1 rings (SSSR count). The Morgan fingerprint density at radius 3 is 2.50 bits per heavy atom. The zero-order valence-electron chi connectivity index (χ0n) is 11.7. The number of carboxylic acid groups (broad SMARTS) is 1. The number of anilines is 2. The lowest BCUT2D eigenvalue weighted by molar-refractivity contribution is 0.0697. The second-order valence-electron chi connectivity index (χ2n) is 4.63. The summed E-state index contributed by atoms with van der Waals surface area (Å²) in [4.78, 5) is 15.2. The monoisotopic (exact) mass is 301 g/mol. The molecular formula is C12H19N3O4S. The van der Waals surface area contributed by atoms with Gasteiger partial charge in [-0.2, -0.15) is 0 Å². The van der Waals surface area contributed by atoms with Crippen LogP contribution in [0.2, 0.25) is 0 Å². The van der Waals surface area contributed by atoms with Gasteiger partial charge in [0, 0.05) is 12.3 Å². The highest BCUT2D eigenvalue weighted by Crippen LogP contribution is 2.16. The van der Waals surface area contributed by atoms with Crippen LogP contribution in [0.3, 0.4) is 0 Å². The van der Waals surface area contributed by atoms with Crippen LogP contribution in [-0.4, -0.2) is 42.7 Å². The molecule has 0 fully saturated rings. The lowest BCUT2D eigenvalue weighted by Crippen LogP contribution is -2.17. The molecule has 1 atom stereocenters. The predicted molar refractivity (Wildman–Crippen MR) is 77.9 cm³/mol. The van der Waals surface area contributed by atoms with Gasteiger partial charge in [-0.1, -0.05) is 6.92 Å². The highest BCUT2D eigenvalue weighted by atomic mass is 32.2. The largest absolute Gasteiger partial charge is 0.478 e. The van der Waals surface area contributed by atoms with Crippen molar-refractivity contribution in [1.82, 2.24) is 4.98 Å². The van der Waals surface area contributed by atoms with Crippen LogP contribution < -0.4 is 10.6 Å². The Morgan fingerprint density at radius 1 is 1.40 bits per heavy atom. The summed E-state index contributed by atoms with van der Waals surface area (Å²) in [6.07, 6.45) is 1.93. The molecular weight excluding hydrogens is 282 g/mol. The summed E-state index contributed by atoms with van der Waals surface area (Å²) in [6.45, 7) is 3.93. The minimum Gasteiger partial charge on any atom is -0.478 e. The van der Waals surface area contributed by atoms with E-state index in [-0.39, 0.29) is 23.3 Å². The quantitative estimate of drug-likeness (QED) is 0.698. The normalized spacial score (nSPS) is 12.8. The number of aromatic nitrogens is 1. The second kappa shape index (κ2) is 6.56. The number of sulfone groups is 1. The van der Waals surface area contributed by atoms with Crippen molar-refractivity contribution in [1.29, 1.82) is 0 Å². The fraction of sp³-hybridized carbons (Fsp3) is 0.500. The molecule has 0 aliphatic rings. The molecule has 0 amide bonds. The van der Waals surface area contributed by atoms with E-state index in [2.05, 4.69) is 15.6 Å². The standard InChI is InChI=1S/C12H19N3O4S/c1-4-8(2)14-11-6-9(12(16)17)5-10(15-11)13-7-20(3,18)19/h5-6,8H,4,7H2,1-3H3,(H,16,17)(H2,13,14,15)/t8-/m0/s1. The van der Waals surface area contributed by atoms with Gasteiger partial charge in [0.15, 0.2) is 9.84 Å². The third-order valence-electron chi connectivity index (χ3n) is 2.59. The molecule has 3 N–H and O–H groups in total. The van der Waals surface area contributed by atoms with Gasteiger partial charge in [0.25, 0.3) is 0 Å². The highest BCUT2D eigenvalue weighted by Gasteiger charge is 2.11. The van der Waals surface area contributed by atoms with Gasteiger partial charge in [0.2, 0.25) is 0 Å². The molecule has 112 valence electrons. The first-order valence-corrected chi connectivity index (χ1v) is 8.21. The fourth-order valence-electron chi connectivity index (χ4n) is 1.38. The van der Waals surface area contributed by atoms with Crippen LogP contribution in [0.15, 0.2) is 12.1 Å². The Balaban J connectivity index is 3.01. The summed E-state index contributed by atoms with van der Waals surface area (Å²) in [5, 5.41) is 14.7. The maximum atomic E-state index is 11.1. The van der Waals surface area contributed by atoms with Gasteiger partial charge in [0.05, 0.1) is 5.56 Å². The average Bonchev–Trinajstić information content (AvgIpc) is 2.35. The van der Waals surface area contributed by atoms with E-state index < -0.39 is 15.8 Å². The molecule has 0 aromatic carbocycles. The maximum absolute atomic E-state index is 11.1. The number of aromatic carboxylic acids is 1. The minimum absolute atomic E-state index is 0.0433. The number of hydrogen-bond donors (Lipinski definition) is 3. The van der Waals surface area contributed by atoms with Crippen LogP contribution in [-0.2, 0) is 9.84 Å². The second-order valence-corrected chi connectivity index (χ2v) is 6.77. The van der Waals surface area contributed by atoms with Crippen LogP contribution in [0.25, 0.3) is 0 Å². The summed E-state index contributed by atoms with van der Waals surface area (Å²) < 4.78 is 22.2. The van der Waals surface area contributed by atoms with Gasteiger partial charge in [-0.25, -0.2) is 18.2 Å². The summed E-state index contributed by atoms with van der Waals surface area (Å²) in [5.74, 6) is -0.787. The lowest BCUT2D eigenvalue weighted by atomic mass is 10.2. The van der Waals surface area contributed by atoms with Crippen LogP contribution in [0.4, 0.5) is 11.6 Å². The van der Waals surface area contributed by atoms with Crippen molar-refractivity contribution in [2.45, 2.75) is 26.3 Å². The van der Waals surface area contributed by atoms with Gasteiger partial charge < -0.3 is 15.7 Å². The molecule has 0 radical (unpaired) electrons. The molecule has 0 bridgehead atoms. The Morgan fingerprint density at radius 2 is 2.00 bits per heavy atom. The minimum atomic E-state index is -3.21. The van der Waals surface area contributed by atoms with Gasteiger partial charge >= 0.3 is 5.97 Å². The number of pyridine rings is 1. The molecule has 0 spiro atoms. The summed E-state index contributed by atoms with van der Waals surface area (Å²) in [6, 6.07) is 2.85. The topological polar surface area (TPSA) is 108 Å². The van der Waals surface area contributed by atoms with Crippen molar-refractivity contribution in [2.24, 2.45) is 0 Å². The Labute approximate surface area is 118 Å². The van der Waals surface area contributed by atoms with Crippen molar-refractivity contribution < 1.29 is 18.3 Å². The molecule has 20 heavy (non-hydrogen) atoms. The number of carbonyl (C=O) groups is 1. The smallest absolute Gasteiger partial charge is 0.335 e. The first-order chi connectivity index (χ1) is 9.21. The Bertz CT molecular complexity index is 586. The molecule has 0 aliphatic heterocycles. The lowest BCUT2D eigenvalue weighted by Gasteiger charge is -2.14. The van der Waals surface area contributed by atoms with Crippen LogP contribution >= 0.6 is 0 Å². The number of carboxylic acids is 1. The summed E-state index contributed by atoms with van der Waals surface area (Å²) in [7, 11) is -3.21. The van der Waals surface area contributed by atoms with E-state index in [1.165, 1.54) is 12.1 Å². The van der Waals surface area contributed by atoms with Crippen molar-refractivity contribution in [2.75, 3.05) is 22.8 Å². The molecule has 0 saturated heterocycles. The molecule has 8 heteroatoms. The Kier molecular flexibility index (Phi) is 5.32. The van der Waals surface area contributed by atoms with E-state index in [9.17, 15) is 13.2 Å². The van der Waals surface area contributed by atoms with Gasteiger partial charge in [0.1, 0.15) is 17.5 Å². The number of nitrogens with one attached hydrogen (secondary N) is 2. The van der Waals surface area contributed by atoms with Crippen molar-refractivity contribution >= 4 is 27.4 Å². The van der Waals surface area contributed by atoms with Crippen molar-refractivity contribution in [3.05, 3.63) is 17.7 Å². The predicted octanol–water partition coefficient (Wildman–Crippen LogP) is 1.40. The van der Waals surface area contributed by atoms with Crippen molar-refractivity contribution in [3.63, 3.8) is 0 Å². The molecule has 0 unspecified atom stereocenters. The first-order valence-electron chi connectivity index (χ1n) is 6.14. The molecule has 1 aromatic rings. The average molecular weight is 301 g/mol. The van der Waals surface area contributed by atoms with Crippen molar-refractivity contribution in [3.8, 4) is 0 Å².